The zero-order chi connectivity index (χ0) is 11.4. The molecule has 0 unspecified atom stereocenters. The van der Waals surface area contributed by atoms with Crippen molar-refractivity contribution in [2.24, 2.45) is 0 Å². The summed E-state index contributed by atoms with van der Waals surface area (Å²) >= 11 is 6.44. The smallest absolute Gasteiger partial charge is 0.280 e. The Morgan fingerprint density at radius 2 is 1.73 bits per heavy atom. The maximum absolute atomic E-state index is 3.20. The van der Waals surface area contributed by atoms with E-state index < -0.39 is 0 Å². The van der Waals surface area contributed by atoms with Gasteiger partial charge in [0.05, 0.1) is 0 Å². The van der Waals surface area contributed by atoms with Gasteiger partial charge in [0.25, 0.3) is 0 Å². The maximum Gasteiger partial charge on any atom is 0.560 e. The number of rotatable bonds is 5. The SMILES string of the molecule is CCCCCCc1cc[c]cc1.[Br][Mg][Br]. The zero-order valence-corrected chi connectivity index (χ0v) is 13.9. The van der Waals surface area contributed by atoms with Crippen LogP contribution in [-0.4, -0.2) is 16.0 Å². The second-order valence-electron chi connectivity index (χ2n) is 3.32. The van der Waals surface area contributed by atoms with Crippen LogP contribution in [0.1, 0.15) is 38.2 Å². The molecular formula is C12H17Br2Mg. The Labute approximate surface area is 116 Å². The van der Waals surface area contributed by atoms with Crippen LogP contribution in [0.4, 0.5) is 0 Å². The first-order valence-corrected chi connectivity index (χ1v) is 13.2. The van der Waals surface area contributed by atoms with E-state index in [9.17, 15) is 0 Å². The van der Waals surface area contributed by atoms with Gasteiger partial charge in [0.2, 0.25) is 0 Å². The van der Waals surface area contributed by atoms with E-state index >= 15 is 0 Å². The minimum absolute atomic E-state index is 0.0417. The highest BCUT2D eigenvalue weighted by Gasteiger charge is 1.90. The molecule has 0 aromatic heterocycles. The molecule has 0 N–H and O–H groups in total. The lowest BCUT2D eigenvalue weighted by Gasteiger charge is -1.99. The predicted molar refractivity (Wildman–Crippen MR) is 76.7 cm³/mol. The van der Waals surface area contributed by atoms with E-state index in [0.717, 1.165) is 0 Å². The van der Waals surface area contributed by atoms with Gasteiger partial charge in [-0.1, -0.05) is 50.5 Å². The fraction of sp³-hybridized carbons (Fsp3) is 0.500. The molecule has 1 aromatic carbocycles. The van der Waals surface area contributed by atoms with Crippen LogP contribution >= 0.6 is 25.8 Å². The van der Waals surface area contributed by atoms with Gasteiger partial charge in [0.1, 0.15) is 0 Å². The first-order chi connectivity index (χ1) is 7.35. The highest BCUT2D eigenvalue weighted by molar-refractivity contribution is 9.47. The molecule has 15 heavy (non-hydrogen) atoms. The summed E-state index contributed by atoms with van der Waals surface area (Å²) in [6.07, 6.45) is 6.63. The molecule has 0 spiro atoms. The van der Waals surface area contributed by atoms with Crippen LogP contribution < -0.4 is 0 Å². The van der Waals surface area contributed by atoms with Crippen LogP contribution in [0, 0.1) is 6.07 Å². The van der Waals surface area contributed by atoms with Gasteiger partial charge >= 0.3 is 16.0 Å². The summed E-state index contributed by atoms with van der Waals surface area (Å²) in [4.78, 5) is 0. The van der Waals surface area contributed by atoms with Crippen molar-refractivity contribution >= 4 is 41.8 Å². The van der Waals surface area contributed by atoms with Gasteiger partial charge in [0.15, 0.2) is 0 Å². The van der Waals surface area contributed by atoms with Crippen LogP contribution in [0.5, 0.6) is 0 Å². The van der Waals surface area contributed by atoms with Gasteiger partial charge in [-0.25, -0.2) is 0 Å². The normalized spacial score (nSPS) is 8.73. The Hall–Kier alpha value is 0.946. The average Bonchev–Trinajstić information content (AvgIpc) is 2.27. The van der Waals surface area contributed by atoms with Crippen LogP contribution in [0.25, 0.3) is 0 Å². The van der Waals surface area contributed by atoms with Crippen molar-refractivity contribution in [1.82, 2.24) is 0 Å². The number of hydrogen-bond donors (Lipinski definition) is 0. The first kappa shape index (κ1) is 15.9. The van der Waals surface area contributed by atoms with Crippen LogP contribution in [-0.2, 0) is 6.42 Å². The minimum atomic E-state index is 0.0417. The van der Waals surface area contributed by atoms with E-state index in [1.807, 2.05) is 12.1 Å². The predicted octanol–water partition coefficient (Wildman–Crippen LogP) is 4.92. The average molecular weight is 345 g/mol. The number of aryl methyl sites for hydroxylation is 1. The maximum atomic E-state index is 3.20. The molecule has 1 aromatic rings. The van der Waals surface area contributed by atoms with E-state index in [2.05, 4.69) is 50.9 Å². The molecule has 0 heterocycles. The van der Waals surface area contributed by atoms with Crippen molar-refractivity contribution in [3.05, 3.63) is 35.9 Å². The Morgan fingerprint density at radius 3 is 2.27 bits per heavy atom. The van der Waals surface area contributed by atoms with Crippen molar-refractivity contribution in [2.45, 2.75) is 39.0 Å². The highest BCUT2D eigenvalue weighted by Crippen LogP contribution is 2.06. The molecule has 0 amide bonds. The fourth-order valence-corrected chi connectivity index (χ4v) is 1.34. The molecule has 0 atom stereocenters. The van der Waals surface area contributed by atoms with Crippen LogP contribution in [0.3, 0.4) is 0 Å². The largest absolute Gasteiger partial charge is 0.560 e. The summed E-state index contributed by atoms with van der Waals surface area (Å²) in [7, 11) is 0. The third-order valence-electron chi connectivity index (χ3n) is 2.11. The summed E-state index contributed by atoms with van der Waals surface area (Å²) < 4.78 is 0. The van der Waals surface area contributed by atoms with Gasteiger partial charge in [-0.05, 0) is 24.5 Å². The molecule has 0 nitrogen and oxygen atoms in total. The third-order valence-corrected chi connectivity index (χ3v) is 2.11. The van der Waals surface area contributed by atoms with Crippen molar-refractivity contribution in [2.75, 3.05) is 0 Å². The topological polar surface area (TPSA) is 0 Å². The first-order valence-electron chi connectivity index (χ1n) is 5.42. The summed E-state index contributed by atoms with van der Waals surface area (Å²) in [5.74, 6) is 0. The van der Waals surface area contributed by atoms with Crippen LogP contribution in [0.2, 0.25) is 0 Å². The van der Waals surface area contributed by atoms with Gasteiger partial charge in [-0.15, -0.1) is 0 Å². The van der Waals surface area contributed by atoms with Gasteiger partial charge < -0.3 is 0 Å². The van der Waals surface area contributed by atoms with E-state index in [0.29, 0.717) is 0 Å². The summed E-state index contributed by atoms with van der Waals surface area (Å²) in [6.45, 7) is 2.25. The molecular weight excluding hydrogens is 328 g/mol. The lowest BCUT2D eigenvalue weighted by atomic mass is 10.1. The number of hydrogen-bond acceptors (Lipinski definition) is 0. The lowest BCUT2D eigenvalue weighted by Crippen LogP contribution is -1.84. The standard InChI is InChI=1S/C12H17.2BrH.Mg/c1-2-3-4-6-9-12-10-7-5-8-11-12;;;/h7-8,10-11H,2-4,6,9H2,1H3;2*1H;/q;;;+2/p-2. The number of unbranched alkanes of at least 4 members (excludes halogenated alkanes) is 3. The molecule has 1 rings (SSSR count). The Kier molecular flexibility index (Phi) is 13.8. The van der Waals surface area contributed by atoms with Gasteiger partial charge in [-0.2, -0.15) is 0 Å². The highest BCUT2D eigenvalue weighted by atomic mass is 79.9. The Morgan fingerprint density at radius 1 is 1.13 bits per heavy atom. The second-order valence-corrected chi connectivity index (χ2v) is 11.4. The van der Waals surface area contributed by atoms with E-state index in [1.54, 1.807) is 0 Å². The summed E-state index contributed by atoms with van der Waals surface area (Å²) in [5, 5.41) is 0. The van der Waals surface area contributed by atoms with Crippen molar-refractivity contribution in [3.8, 4) is 0 Å². The molecule has 1 radical (unpaired) electrons. The minimum Gasteiger partial charge on any atom is -0.280 e. The molecule has 0 saturated carbocycles. The van der Waals surface area contributed by atoms with Crippen molar-refractivity contribution in [3.63, 3.8) is 0 Å². The van der Waals surface area contributed by atoms with Crippen LogP contribution in [0.15, 0.2) is 24.3 Å². The molecule has 0 fully saturated rings. The summed E-state index contributed by atoms with van der Waals surface area (Å²) in [5.41, 5.74) is 1.45. The van der Waals surface area contributed by atoms with Crippen molar-refractivity contribution < 1.29 is 0 Å². The molecule has 0 aliphatic heterocycles. The monoisotopic (exact) mass is 343 g/mol. The zero-order valence-electron chi connectivity index (χ0n) is 9.31. The molecule has 0 aliphatic rings. The number of halogens is 2. The van der Waals surface area contributed by atoms with E-state index in [-0.39, 0.29) is 16.0 Å². The third kappa shape index (κ3) is 11.2. The molecule has 0 bridgehead atoms. The fourth-order valence-electron chi connectivity index (χ4n) is 1.34. The Bertz CT molecular complexity index is 214. The Balaban J connectivity index is 0.000000583. The second kappa shape index (κ2) is 13.0. The van der Waals surface area contributed by atoms with Gasteiger partial charge in [-0.3, -0.25) is 25.8 Å². The quantitative estimate of drug-likeness (QED) is 0.525. The van der Waals surface area contributed by atoms with E-state index in [4.69, 9.17) is 0 Å². The molecule has 81 valence electrons. The number of benzene rings is 1. The van der Waals surface area contributed by atoms with E-state index in [1.165, 1.54) is 37.7 Å². The lowest BCUT2D eigenvalue weighted by molar-refractivity contribution is 0.667. The molecule has 0 aliphatic carbocycles. The van der Waals surface area contributed by atoms with Gasteiger partial charge in [0, 0.05) is 0 Å². The molecule has 3 heteroatoms. The van der Waals surface area contributed by atoms with Crippen molar-refractivity contribution in [1.29, 1.82) is 0 Å². The summed E-state index contributed by atoms with van der Waals surface area (Å²) in [6, 6.07) is 11.3. The molecule has 0 saturated heterocycles.